The summed E-state index contributed by atoms with van der Waals surface area (Å²) < 4.78 is 5.46. The number of esters is 1. The van der Waals surface area contributed by atoms with Crippen LogP contribution in [0.25, 0.3) is 0 Å². The molecule has 0 aromatic heterocycles. The molecular formula is C13H14BrNO3. The first-order chi connectivity index (χ1) is 8.52. The number of anilines is 1. The topological polar surface area (TPSA) is 55.4 Å². The molecule has 0 bridgehead atoms. The summed E-state index contributed by atoms with van der Waals surface area (Å²) in [4.78, 5) is 23.4. The number of ether oxygens (including phenoxy) is 1. The van der Waals surface area contributed by atoms with Crippen molar-refractivity contribution < 1.29 is 14.3 Å². The maximum Gasteiger partial charge on any atom is 0.338 e. The summed E-state index contributed by atoms with van der Waals surface area (Å²) in [7, 11) is 1.34. The van der Waals surface area contributed by atoms with Gasteiger partial charge in [0.2, 0.25) is 5.91 Å². The SMILES string of the molecule is COC(=O)c1cc(Br)cc(NC(=O)C2CC2)c1C. The molecule has 4 nitrogen and oxygen atoms in total. The van der Waals surface area contributed by atoms with E-state index in [1.54, 1.807) is 19.1 Å². The van der Waals surface area contributed by atoms with Crippen molar-refractivity contribution in [2.45, 2.75) is 19.8 Å². The number of benzene rings is 1. The van der Waals surface area contributed by atoms with Gasteiger partial charge in [-0.3, -0.25) is 4.79 Å². The van der Waals surface area contributed by atoms with Crippen molar-refractivity contribution in [1.29, 1.82) is 0 Å². The molecule has 2 rings (SSSR count). The van der Waals surface area contributed by atoms with Crippen LogP contribution in [-0.4, -0.2) is 19.0 Å². The first-order valence-corrected chi connectivity index (χ1v) is 6.51. The molecule has 1 aliphatic rings. The molecule has 0 aliphatic heterocycles. The second kappa shape index (κ2) is 5.10. The van der Waals surface area contributed by atoms with Gasteiger partial charge >= 0.3 is 5.97 Å². The number of methoxy groups -OCH3 is 1. The number of halogens is 1. The fourth-order valence-electron chi connectivity index (χ4n) is 1.71. The Morgan fingerprint density at radius 1 is 1.39 bits per heavy atom. The van der Waals surface area contributed by atoms with Gasteiger partial charge in [-0.25, -0.2) is 4.79 Å². The van der Waals surface area contributed by atoms with E-state index >= 15 is 0 Å². The summed E-state index contributed by atoms with van der Waals surface area (Å²) in [5.41, 5.74) is 1.83. The van der Waals surface area contributed by atoms with Gasteiger partial charge in [-0.2, -0.15) is 0 Å². The van der Waals surface area contributed by atoms with Gasteiger partial charge in [0.25, 0.3) is 0 Å². The molecule has 18 heavy (non-hydrogen) atoms. The minimum Gasteiger partial charge on any atom is -0.465 e. The average molecular weight is 312 g/mol. The predicted octanol–water partition coefficient (Wildman–Crippen LogP) is 2.89. The summed E-state index contributed by atoms with van der Waals surface area (Å²) in [6.07, 6.45) is 1.89. The van der Waals surface area contributed by atoms with Gasteiger partial charge in [-0.05, 0) is 37.5 Å². The molecular weight excluding hydrogens is 298 g/mol. The third-order valence-corrected chi connectivity index (χ3v) is 3.44. The fraction of sp³-hybridized carbons (Fsp3) is 0.385. The molecule has 0 heterocycles. The number of carbonyl (C=O) groups excluding carboxylic acids is 2. The minimum absolute atomic E-state index is 0.0204. The molecule has 1 amide bonds. The number of hydrogen-bond donors (Lipinski definition) is 1. The highest BCUT2D eigenvalue weighted by atomic mass is 79.9. The van der Waals surface area contributed by atoms with Crippen LogP contribution in [0.4, 0.5) is 5.69 Å². The van der Waals surface area contributed by atoms with Crippen LogP contribution in [0.2, 0.25) is 0 Å². The number of carbonyl (C=O) groups is 2. The quantitative estimate of drug-likeness (QED) is 0.873. The van der Waals surface area contributed by atoms with Crippen molar-refractivity contribution in [1.82, 2.24) is 0 Å². The number of nitrogens with one attached hydrogen (secondary N) is 1. The highest BCUT2D eigenvalue weighted by Crippen LogP contribution is 2.32. The maximum atomic E-state index is 11.7. The normalized spacial score (nSPS) is 14.2. The van der Waals surface area contributed by atoms with E-state index in [0.29, 0.717) is 11.3 Å². The van der Waals surface area contributed by atoms with Gasteiger partial charge in [-0.1, -0.05) is 15.9 Å². The van der Waals surface area contributed by atoms with E-state index in [-0.39, 0.29) is 11.8 Å². The average Bonchev–Trinajstić information content (AvgIpc) is 3.16. The Morgan fingerprint density at radius 3 is 2.61 bits per heavy atom. The molecule has 96 valence electrons. The fourth-order valence-corrected chi connectivity index (χ4v) is 2.17. The van der Waals surface area contributed by atoms with Crippen LogP contribution in [0.1, 0.15) is 28.8 Å². The zero-order chi connectivity index (χ0) is 13.3. The molecule has 0 unspecified atom stereocenters. The monoisotopic (exact) mass is 311 g/mol. The minimum atomic E-state index is -0.407. The molecule has 1 aromatic carbocycles. The third kappa shape index (κ3) is 2.72. The van der Waals surface area contributed by atoms with Gasteiger partial charge in [0.1, 0.15) is 0 Å². The van der Waals surface area contributed by atoms with E-state index in [0.717, 1.165) is 22.9 Å². The Kier molecular flexibility index (Phi) is 3.71. The second-order valence-corrected chi connectivity index (χ2v) is 5.30. The van der Waals surface area contributed by atoms with Crippen LogP contribution in [0, 0.1) is 12.8 Å². The lowest BCUT2D eigenvalue weighted by Crippen LogP contribution is -2.15. The first kappa shape index (κ1) is 13.1. The van der Waals surface area contributed by atoms with Gasteiger partial charge < -0.3 is 10.1 Å². The molecule has 1 N–H and O–H groups in total. The van der Waals surface area contributed by atoms with Crippen LogP contribution in [-0.2, 0) is 9.53 Å². The van der Waals surface area contributed by atoms with Crippen molar-refractivity contribution in [3.63, 3.8) is 0 Å². The van der Waals surface area contributed by atoms with Crippen LogP contribution in [0.15, 0.2) is 16.6 Å². The Morgan fingerprint density at radius 2 is 2.06 bits per heavy atom. The van der Waals surface area contributed by atoms with Crippen molar-refractivity contribution >= 4 is 33.5 Å². The highest BCUT2D eigenvalue weighted by molar-refractivity contribution is 9.10. The number of hydrogen-bond acceptors (Lipinski definition) is 3. The summed E-state index contributed by atoms with van der Waals surface area (Å²) in [5.74, 6) is -0.257. The van der Waals surface area contributed by atoms with Gasteiger partial charge in [-0.15, -0.1) is 0 Å². The van der Waals surface area contributed by atoms with Crippen LogP contribution in [0.3, 0.4) is 0 Å². The van der Waals surface area contributed by atoms with Crippen LogP contribution in [0.5, 0.6) is 0 Å². The highest BCUT2D eigenvalue weighted by Gasteiger charge is 2.30. The van der Waals surface area contributed by atoms with Crippen molar-refractivity contribution in [2.24, 2.45) is 5.92 Å². The molecule has 1 fully saturated rings. The molecule has 0 spiro atoms. The molecule has 1 aromatic rings. The Labute approximate surface area is 114 Å². The third-order valence-electron chi connectivity index (χ3n) is 2.98. The van der Waals surface area contributed by atoms with E-state index in [1.807, 2.05) is 0 Å². The van der Waals surface area contributed by atoms with E-state index in [1.165, 1.54) is 7.11 Å². The van der Waals surface area contributed by atoms with Crippen LogP contribution < -0.4 is 5.32 Å². The molecule has 0 radical (unpaired) electrons. The summed E-state index contributed by atoms with van der Waals surface area (Å²) in [6.45, 7) is 1.79. The predicted molar refractivity (Wildman–Crippen MR) is 71.6 cm³/mol. The summed E-state index contributed by atoms with van der Waals surface area (Å²) in [6, 6.07) is 3.48. The zero-order valence-corrected chi connectivity index (χ0v) is 11.8. The van der Waals surface area contributed by atoms with Crippen molar-refractivity contribution in [2.75, 3.05) is 12.4 Å². The van der Waals surface area contributed by atoms with Crippen molar-refractivity contribution in [3.05, 3.63) is 27.7 Å². The van der Waals surface area contributed by atoms with Crippen LogP contribution >= 0.6 is 15.9 Å². The largest absolute Gasteiger partial charge is 0.465 e. The van der Waals surface area contributed by atoms with Gasteiger partial charge in [0, 0.05) is 16.1 Å². The Hall–Kier alpha value is -1.36. The molecule has 0 atom stereocenters. The smallest absolute Gasteiger partial charge is 0.338 e. The van der Waals surface area contributed by atoms with Gasteiger partial charge in [0.15, 0.2) is 0 Å². The summed E-state index contributed by atoms with van der Waals surface area (Å²) >= 11 is 3.33. The zero-order valence-electron chi connectivity index (χ0n) is 10.2. The molecule has 1 aliphatic carbocycles. The van der Waals surface area contributed by atoms with E-state index in [9.17, 15) is 9.59 Å². The lowest BCUT2D eigenvalue weighted by molar-refractivity contribution is -0.117. The summed E-state index contributed by atoms with van der Waals surface area (Å²) in [5, 5.41) is 2.86. The second-order valence-electron chi connectivity index (χ2n) is 4.38. The number of rotatable bonds is 3. The Bertz CT molecular complexity index is 509. The number of amides is 1. The Balaban J connectivity index is 2.31. The first-order valence-electron chi connectivity index (χ1n) is 5.72. The molecule has 5 heteroatoms. The lowest BCUT2D eigenvalue weighted by atomic mass is 10.1. The lowest BCUT2D eigenvalue weighted by Gasteiger charge is -2.12. The standard InChI is InChI=1S/C13H14BrNO3/c1-7-10(13(17)18-2)5-9(14)6-11(7)15-12(16)8-3-4-8/h5-6,8H,3-4H2,1-2H3,(H,15,16). The molecule has 0 saturated heterocycles. The molecule has 1 saturated carbocycles. The maximum absolute atomic E-state index is 11.7. The van der Waals surface area contributed by atoms with Gasteiger partial charge in [0.05, 0.1) is 12.7 Å². The van der Waals surface area contributed by atoms with E-state index in [4.69, 9.17) is 4.74 Å². The van der Waals surface area contributed by atoms with Crippen molar-refractivity contribution in [3.8, 4) is 0 Å². The van der Waals surface area contributed by atoms with E-state index in [2.05, 4.69) is 21.2 Å². The van der Waals surface area contributed by atoms with E-state index < -0.39 is 5.97 Å².